The van der Waals surface area contributed by atoms with Gasteiger partial charge in [0.1, 0.15) is 0 Å². The first-order chi connectivity index (χ1) is 18.3. The second kappa shape index (κ2) is 11.8. The standard InChI is InChI=1S/C27H24N4O7/c32-23(28-21-12-7-13-22(15-21)31(36)37)17-38-27(35)20-14-24(33)30(16-20)29-26(34)25(18-8-3-1-4-9-18)19-10-5-2-6-11-19/h1-13,15,20,25H,14,16-17H2,(H,28,32)(H,29,34)/t20-/m1/s1. The van der Waals surface area contributed by atoms with Crippen molar-refractivity contribution in [3.8, 4) is 0 Å². The van der Waals surface area contributed by atoms with Crippen LogP contribution < -0.4 is 10.7 Å². The lowest BCUT2D eigenvalue weighted by Gasteiger charge is -2.23. The molecule has 0 spiro atoms. The number of carbonyl (C=O) groups is 4. The van der Waals surface area contributed by atoms with Crippen LogP contribution in [0.4, 0.5) is 11.4 Å². The van der Waals surface area contributed by atoms with E-state index in [2.05, 4.69) is 10.7 Å². The van der Waals surface area contributed by atoms with Crippen molar-refractivity contribution >= 4 is 35.1 Å². The van der Waals surface area contributed by atoms with Gasteiger partial charge in [0.05, 0.1) is 23.3 Å². The largest absolute Gasteiger partial charge is 0.455 e. The van der Waals surface area contributed by atoms with Crippen molar-refractivity contribution in [2.75, 3.05) is 18.5 Å². The van der Waals surface area contributed by atoms with Crippen LogP contribution >= 0.6 is 0 Å². The second-order valence-corrected chi connectivity index (χ2v) is 8.60. The number of nitro benzene ring substituents is 1. The average molecular weight is 517 g/mol. The molecule has 4 rings (SSSR count). The first kappa shape index (κ1) is 26.0. The minimum Gasteiger partial charge on any atom is -0.455 e. The minimum atomic E-state index is -0.875. The van der Waals surface area contributed by atoms with E-state index in [4.69, 9.17) is 4.74 Å². The average Bonchev–Trinajstić information content (AvgIpc) is 3.28. The first-order valence-corrected chi connectivity index (χ1v) is 11.7. The summed E-state index contributed by atoms with van der Waals surface area (Å²) in [5, 5.41) is 14.4. The highest BCUT2D eigenvalue weighted by Crippen LogP contribution is 2.26. The molecule has 0 bridgehead atoms. The maximum absolute atomic E-state index is 13.3. The number of benzene rings is 3. The van der Waals surface area contributed by atoms with Crippen molar-refractivity contribution in [3.05, 3.63) is 106 Å². The lowest BCUT2D eigenvalue weighted by molar-refractivity contribution is -0.384. The quantitative estimate of drug-likeness (QED) is 0.252. The summed E-state index contributed by atoms with van der Waals surface area (Å²) in [7, 11) is 0. The van der Waals surface area contributed by atoms with Crippen molar-refractivity contribution in [2.24, 2.45) is 5.92 Å². The van der Waals surface area contributed by atoms with Crippen molar-refractivity contribution in [2.45, 2.75) is 12.3 Å². The molecule has 3 aromatic carbocycles. The number of nitrogens with one attached hydrogen (secondary N) is 2. The number of amides is 3. The smallest absolute Gasteiger partial charge is 0.311 e. The van der Waals surface area contributed by atoms with Gasteiger partial charge in [0.15, 0.2) is 6.61 Å². The molecule has 3 aromatic rings. The van der Waals surface area contributed by atoms with Crippen LogP contribution in [0.25, 0.3) is 0 Å². The van der Waals surface area contributed by atoms with E-state index in [1.165, 1.54) is 24.3 Å². The van der Waals surface area contributed by atoms with E-state index in [0.29, 0.717) is 0 Å². The Bertz CT molecular complexity index is 1310. The number of nitrogens with zero attached hydrogens (tertiary/aromatic N) is 2. The van der Waals surface area contributed by atoms with E-state index in [-0.39, 0.29) is 24.3 Å². The van der Waals surface area contributed by atoms with Gasteiger partial charge in [-0.3, -0.25) is 39.7 Å². The third kappa shape index (κ3) is 6.38. The summed E-state index contributed by atoms with van der Waals surface area (Å²) in [6.45, 7) is -0.741. The number of rotatable bonds is 9. The Morgan fingerprint density at radius 1 is 0.974 bits per heavy atom. The molecule has 11 nitrogen and oxygen atoms in total. The van der Waals surface area contributed by atoms with Gasteiger partial charge in [-0.2, -0.15) is 0 Å². The number of hydrogen-bond donors (Lipinski definition) is 2. The van der Waals surface area contributed by atoms with Crippen LogP contribution in [0.3, 0.4) is 0 Å². The van der Waals surface area contributed by atoms with Gasteiger partial charge < -0.3 is 10.1 Å². The summed E-state index contributed by atoms with van der Waals surface area (Å²) in [6.07, 6.45) is -0.188. The van der Waals surface area contributed by atoms with E-state index in [1.807, 2.05) is 60.7 Å². The van der Waals surface area contributed by atoms with Crippen LogP contribution in [-0.2, 0) is 23.9 Å². The number of hydrogen-bond acceptors (Lipinski definition) is 7. The maximum atomic E-state index is 13.3. The van der Waals surface area contributed by atoms with E-state index >= 15 is 0 Å². The fraction of sp³-hybridized carbons (Fsp3) is 0.185. The molecule has 2 N–H and O–H groups in total. The minimum absolute atomic E-state index is 0.105. The molecule has 38 heavy (non-hydrogen) atoms. The molecule has 1 aliphatic heterocycles. The Morgan fingerprint density at radius 3 is 2.21 bits per heavy atom. The number of hydrazine groups is 1. The van der Waals surface area contributed by atoms with Crippen LogP contribution in [0.15, 0.2) is 84.9 Å². The van der Waals surface area contributed by atoms with Crippen molar-refractivity contribution in [1.82, 2.24) is 10.4 Å². The Morgan fingerprint density at radius 2 is 1.61 bits per heavy atom. The molecule has 1 saturated heterocycles. The molecule has 1 fully saturated rings. The lowest BCUT2D eigenvalue weighted by Crippen LogP contribution is -2.45. The molecule has 194 valence electrons. The summed E-state index contributed by atoms with van der Waals surface area (Å²) >= 11 is 0. The van der Waals surface area contributed by atoms with Gasteiger partial charge in [-0.1, -0.05) is 66.7 Å². The van der Waals surface area contributed by atoms with Crippen LogP contribution in [0, 0.1) is 16.0 Å². The van der Waals surface area contributed by atoms with Crippen LogP contribution in [0.1, 0.15) is 23.5 Å². The normalized spacial score (nSPS) is 14.7. The van der Waals surface area contributed by atoms with E-state index < -0.39 is 47.1 Å². The maximum Gasteiger partial charge on any atom is 0.311 e. The van der Waals surface area contributed by atoms with Crippen LogP contribution in [-0.4, -0.2) is 46.8 Å². The monoisotopic (exact) mass is 516 g/mol. The van der Waals surface area contributed by atoms with Crippen molar-refractivity contribution < 1.29 is 28.8 Å². The highest BCUT2D eigenvalue weighted by atomic mass is 16.6. The fourth-order valence-electron chi connectivity index (χ4n) is 4.11. The second-order valence-electron chi connectivity index (χ2n) is 8.60. The number of nitro groups is 1. The number of anilines is 1. The molecule has 0 aliphatic carbocycles. The molecule has 1 atom stereocenters. The van der Waals surface area contributed by atoms with Gasteiger partial charge in [-0.15, -0.1) is 0 Å². The molecule has 0 radical (unpaired) electrons. The highest BCUT2D eigenvalue weighted by Gasteiger charge is 2.37. The van der Waals surface area contributed by atoms with Gasteiger partial charge in [0.2, 0.25) is 5.91 Å². The molecular weight excluding hydrogens is 492 g/mol. The van der Waals surface area contributed by atoms with Crippen molar-refractivity contribution in [3.63, 3.8) is 0 Å². The van der Waals surface area contributed by atoms with Crippen molar-refractivity contribution in [1.29, 1.82) is 0 Å². The van der Waals surface area contributed by atoms with Gasteiger partial charge in [-0.25, -0.2) is 0 Å². The third-order valence-electron chi connectivity index (χ3n) is 5.92. The Kier molecular flexibility index (Phi) is 8.07. The number of non-ortho nitro benzene ring substituents is 1. The Balaban J connectivity index is 1.33. The zero-order valence-electron chi connectivity index (χ0n) is 20.1. The SMILES string of the molecule is O=C(COC(=O)[C@@H]1CC(=O)N(NC(=O)C(c2ccccc2)c2ccccc2)C1)Nc1cccc([N+](=O)[O-])c1. The predicted molar refractivity (Wildman–Crippen MR) is 135 cm³/mol. The van der Waals surface area contributed by atoms with E-state index in [9.17, 15) is 29.3 Å². The van der Waals surface area contributed by atoms with E-state index in [1.54, 1.807) is 0 Å². The predicted octanol–water partition coefficient (Wildman–Crippen LogP) is 2.79. The summed E-state index contributed by atoms with van der Waals surface area (Å²) in [6, 6.07) is 23.6. The lowest BCUT2D eigenvalue weighted by atomic mass is 9.91. The molecule has 0 unspecified atom stereocenters. The summed E-state index contributed by atoms with van der Waals surface area (Å²) in [4.78, 5) is 60.7. The fourth-order valence-corrected chi connectivity index (χ4v) is 4.11. The molecular formula is C27H24N4O7. The summed E-state index contributed by atoms with van der Waals surface area (Å²) in [5.74, 6) is -3.90. The van der Waals surface area contributed by atoms with Gasteiger partial charge in [0, 0.05) is 24.2 Å². The zero-order chi connectivity index (χ0) is 27.1. The zero-order valence-corrected chi connectivity index (χ0v) is 20.1. The molecule has 11 heteroatoms. The molecule has 3 amide bonds. The third-order valence-corrected chi connectivity index (χ3v) is 5.92. The molecule has 0 aromatic heterocycles. The molecule has 1 aliphatic rings. The molecule has 1 heterocycles. The van der Waals surface area contributed by atoms with Crippen LogP contribution in [0.5, 0.6) is 0 Å². The van der Waals surface area contributed by atoms with E-state index in [0.717, 1.165) is 16.1 Å². The Labute approximate surface area is 217 Å². The van der Waals surface area contributed by atoms with Crippen LogP contribution in [0.2, 0.25) is 0 Å². The van der Waals surface area contributed by atoms with Gasteiger partial charge >= 0.3 is 5.97 Å². The number of ether oxygens (including phenoxy) is 1. The number of esters is 1. The Hall–Kier alpha value is -5.06. The summed E-state index contributed by atoms with van der Waals surface area (Å²) in [5.41, 5.74) is 4.09. The molecule has 0 saturated carbocycles. The topological polar surface area (TPSA) is 148 Å². The number of carbonyl (C=O) groups excluding carboxylic acids is 4. The highest BCUT2D eigenvalue weighted by molar-refractivity contribution is 5.94. The van der Waals surface area contributed by atoms with Gasteiger partial charge in [0.25, 0.3) is 17.5 Å². The van der Waals surface area contributed by atoms with Gasteiger partial charge in [-0.05, 0) is 17.2 Å². The first-order valence-electron chi connectivity index (χ1n) is 11.7. The summed E-state index contributed by atoms with van der Waals surface area (Å²) < 4.78 is 5.05.